The number of fused-ring (bicyclic) bond motifs is 2. The second kappa shape index (κ2) is 12.2. The fourth-order valence-electron chi connectivity index (χ4n) is 6.75. The van der Waals surface area contributed by atoms with Gasteiger partial charge < -0.3 is 19.6 Å². The maximum Gasteiger partial charge on any atom is 0.246 e. The van der Waals surface area contributed by atoms with Crippen LogP contribution < -0.4 is 9.64 Å². The Morgan fingerprint density at radius 2 is 1.88 bits per heavy atom. The number of carbonyl (C=O) groups is 1. The van der Waals surface area contributed by atoms with Crippen LogP contribution in [0.2, 0.25) is 0 Å². The van der Waals surface area contributed by atoms with Gasteiger partial charge in [0.05, 0.1) is 42.6 Å². The first-order chi connectivity index (χ1) is 23.0. The van der Waals surface area contributed by atoms with E-state index in [0.29, 0.717) is 80.5 Å². The van der Waals surface area contributed by atoms with Crippen molar-refractivity contribution in [3.05, 3.63) is 60.0 Å². The molecular formula is C34H40N8O5S. The molecule has 5 heterocycles. The highest BCUT2D eigenvalue weighted by molar-refractivity contribution is 7.89. The summed E-state index contributed by atoms with van der Waals surface area (Å²) in [6.45, 7) is 6.48. The van der Waals surface area contributed by atoms with Gasteiger partial charge in [0.1, 0.15) is 21.9 Å². The Bertz CT molecular complexity index is 2000. The minimum Gasteiger partial charge on any atom is -0.497 e. The average molecular weight is 673 g/mol. The van der Waals surface area contributed by atoms with E-state index in [-0.39, 0.29) is 23.3 Å². The van der Waals surface area contributed by atoms with E-state index in [2.05, 4.69) is 11.0 Å². The van der Waals surface area contributed by atoms with Gasteiger partial charge in [-0.1, -0.05) is 26.0 Å². The monoisotopic (exact) mass is 672 g/mol. The Kier molecular flexibility index (Phi) is 8.17. The standard InChI is InChI=1S/C34H40N8O5S/c1-23(2)33(44)39-15-13-38(14-16-39)29-17-26(21-40-30(19-36-32(29)40)27-18-28-31(43)5-4-12-41(28)37-27)48(45,46)42(34(22-35)10-11-34)20-24-6-8-25(47-3)9-7-24/h6-9,17-19,21,23,31,43H,4-5,10-16,20H2,1-3H3. The number of aliphatic hydroxyl groups is 1. The van der Waals surface area contributed by atoms with Crippen molar-refractivity contribution in [1.29, 1.82) is 5.26 Å². The third-order valence-electron chi connectivity index (χ3n) is 9.73. The topological polar surface area (TPSA) is 149 Å². The maximum atomic E-state index is 14.8. The van der Waals surface area contributed by atoms with E-state index in [1.807, 2.05) is 36.9 Å². The number of methoxy groups -OCH3 is 1. The summed E-state index contributed by atoms with van der Waals surface area (Å²) in [6, 6.07) is 13.0. The number of aliphatic hydroxyl groups excluding tert-OH is 1. The van der Waals surface area contributed by atoms with E-state index < -0.39 is 21.7 Å². The summed E-state index contributed by atoms with van der Waals surface area (Å²) in [7, 11) is -2.65. The van der Waals surface area contributed by atoms with Crippen LogP contribution in [-0.2, 0) is 27.9 Å². The van der Waals surface area contributed by atoms with Crippen LogP contribution in [0.3, 0.4) is 0 Å². The molecule has 3 aromatic heterocycles. The molecule has 3 aliphatic rings. The number of rotatable bonds is 9. The molecule has 1 saturated carbocycles. The van der Waals surface area contributed by atoms with E-state index in [9.17, 15) is 23.6 Å². The number of hydrogen-bond donors (Lipinski definition) is 1. The zero-order chi connectivity index (χ0) is 33.8. The van der Waals surface area contributed by atoms with Gasteiger partial charge in [0.2, 0.25) is 15.9 Å². The van der Waals surface area contributed by atoms with E-state index in [0.717, 1.165) is 17.7 Å². The van der Waals surface area contributed by atoms with Crippen LogP contribution in [0.15, 0.2) is 53.7 Å². The summed E-state index contributed by atoms with van der Waals surface area (Å²) >= 11 is 0. The molecule has 252 valence electrons. The molecule has 0 bridgehead atoms. The molecule has 48 heavy (non-hydrogen) atoms. The number of aryl methyl sites for hydroxylation is 1. The highest BCUT2D eigenvalue weighted by Gasteiger charge is 2.54. The maximum absolute atomic E-state index is 14.8. The van der Waals surface area contributed by atoms with Crippen molar-refractivity contribution in [2.45, 2.75) is 69.2 Å². The second-order valence-electron chi connectivity index (χ2n) is 13.2. The number of nitrogens with zero attached hydrogens (tertiary/aromatic N) is 8. The van der Waals surface area contributed by atoms with Gasteiger partial charge in [-0.3, -0.25) is 13.9 Å². The van der Waals surface area contributed by atoms with Crippen molar-refractivity contribution in [2.75, 3.05) is 38.2 Å². The molecule has 1 unspecified atom stereocenters. The molecular weight excluding hydrogens is 632 g/mol. The highest BCUT2D eigenvalue weighted by Crippen LogP contribution is 2.45. The molecule has 2 fully saturated rings. The number of ether oxygens (including phenoxy) is 1. The molecule has 14 heteroatoms. The van der Waals surface area contributed by atoms with Crippen molar-refractivity contribution in [2.24, 2.45) is 5.92 Å². The number of piperazine rings is 1. The van der Waals surface area contributed by atoms with Crippen molar-refractivity contribution in [3.8, 4) is 23.2 Å². The van der Waals surface area contributed by atoms with Gasteiger partial charge in [-0.25, -0.2) is 13.4 Å². The summed E-state index contributed by atoms with van der Waals surface area (Å²) in [5.74, 6) is 0.629. The average Bonchev–Trinajstić information content (AvgIpc) is 3.56. The predicted octanol–water partition coefficient (Wildman–Crippen LogP) is 3.59. The molecule has 4 aromatic rings. The van der Waals surface area contributed by atoms with Crippen LogP contribution >= 0.6 is 0 Å². The third-order valence-corrected chi connectivity index (χ3v) is 11.6. The largest absolute Gasteiger partial charge is 0.497 e. The number of nitriles is 1. The summed E-state index contributed by atoms with van der Waals surface area (Å²) in [5, 5.41) is 25.6. The van der Waals surface area contributed by atoms with E-state index >= 15 is 0 Å². The number of carbonyl (C=O) groups excluding carboxylic acids is 1. The number of anilines is 1. The van der Waals surface area contributed by atoms with Crippen molar-refractivity contribution in [3.63, 3.8) is 0 Å². The number of imidazole rings is 1. The molecule has 1 amide bonds. The van der Waals surface area contributed by atoms with Gasteiger partial charge in [0, 0.05) is 51.4 Å². The van der Waals surface area contributed by atoms with Crippen LogP contribution in [0.4, 0.5) is 5.69 Å². The van der Waals surface area contributed by atoms with Gasteiger partial charge in [0.15, 0.2) is 5.65 Å². The summed E-state index contributed by atoms with van der Waals surface area (Å²) < 4.78 is 39.7. The van der Waals surface area contributed by atoms with Crippen molar-refractivity contribution < 1.29 is 23.1 Å². The summed E-state index contributed by atoms with van der Waals surface area (Å²) in [6.07, 6.45) is 4.98. The lowest BCUT2D eigenvalue weighted by Crippen LogP contribution is -2.50. The number of pyridine rings is 1. The fraction of sp³-hybridized carbons (Fsp3) is 0.471. The van der Waals surface area contributed by atoms with Crippen LogP contribution in [-0.4, -0.2) is 86.6 Å². The van der Waals surface area contributed by atoms with Crippen LogP contribution in [0.1, 0.15) is 56.9 Å². The van der Waals surface area contributed by atoms with Gasteiger partial charge >= 0.3 is 0 Å². The lowest BCUT2D eigenvalue weighted by Gasteiger charge is -2.37. The van der Waals surface area contributed by atoms with Crippen molar-refractivity contribution >= 4 is 27.3 Å². The van der Waals surface area contributed by atoms with Crippen LogP contribution in [0.5, 0.6) is 5.75 Å². The number of amides is 1. The summed E-state index contributed by atoms with van der Waals surface area (Å²) in [4.78, 5) is 21.5. The molecule has 13 nitrogen and oxygen atoms in total. The predicted molar refractivity (Wildman–Crippen MR) is 178 cm³/mol. The Hall–Kier alpha value is -4.45. The zero-order valence-corrected chi connectivity index (χ0v) is 28.2. The second-order valence-corrected chi connectivity index (χ2v) is 15.1. The first-order valence-corrected chi connectivity index (χ1v) is 17.9. The molecule has 7 rings (SSSR count). The molecule has 1 aromatic carbocycles. The molecule has 1 aliphatic carbocycles. The SMILES string of the molecule is COc1ccc(CN(C2(C#N)CC2)S(=O)(=O)c2cc(N3CCN(C(=O)C(C)C)CC3)c3ncc(-c4cc5n(n4)CCCC5O)n3c2)cc1. The smallest absolute Gasteiger partial charge is 0.246 e. The fourth-order valence-corrected chi connectivity index (χ4v) is 8.51. The highest BCUT2D eigenvalue weighted by atomic mass is 32.2. The third kappa shape index (κ3) is 5.59. The Balaban J connectivity index is 1.34. The number of sulfonamides is 1. The molecule has 1 saturated heterocycles. The summed E-state index contributed by atoms with van der Waals surface area (Å²) in [5.41, 5.74) is 2.66. The lowest BCUT2D eigenvalue weighted by molar-refractivity contribution is -0.134. The normalized spacial score (nSPS) is 19.1. The number of benzene rings is 1. The van der Waals surface area contributed by atoms with Gasteiger partial charge in [-0.15, -0.1) is 0 Å². The van der Waals surface area contributed by atoms with Gasteiger partial charge in [-0.2, -0.15) is 14.7 Å². The minimum absolute atomic E-state index is 0.0195. The number of aromatic nitrogens is 4. The minimum atomic E-state index is -4.22. The van der Waals surface area contributed by atoms with Gasteiger partial charge in [-0.05, 0) is 55.5 Å². The van der Waals surface area contributed by atoms with E-state index in [1.165, 1.54) is 4.31 Å². The molecule has 1 N–H and O–H groups in total. The Morgan fingerprint density at radius 3 is 2.50 bits per heavy atom. The van der Waals surface area contributed by atoms with Gasteiger partial charge in [0.25, 0.3) is 0 Å². The number of hydrogen-bond acceptors (Lipinski definition) is 9. The molecule has 0 spiro atoms. The first-order valence-electron chi connectivity index (χ1n) is 16.4. The van der Waals surface area contributed by atoms with E-state index in [1.54, 1.807) is 46.8 Å². The van der Waals surface area contributed by atoms with Crippen LogP contribution in [0.25, 0.3) is 17.0 Å². The Labute approximate surface area is 280 Å². The molecule has 0 radical (unpaired) electrons. The quantitative estimate of drug-likeness (QED) is 0.282. The van der Waals surface area contributed by atoms with E-state index in [4.69, 9.17) is 14.8 Å². The first kappa shape index (κ1) is 32.1. The lowest BCUT2D eigenvalue weighted by atomic mass is 10.1. The molecule has 2 aliphatic heterocycles. The van der Waals surface area contributed by atoms with Crippen molar-refractivity contribution in [1.82, 2.24) is 28.4 Å². The Morgan fingerprint density at radius 1 is 1.15 bits per heavy atom. The molecule has 1 atom stereocenters. The van der Waals surface area contributed by atoms with Crippen LogP contribution in [0, 0.1) is 17.2 Å². The zero-order valence-electron chi connectivity index (χ0n) is 27.4.